The average Bonchev–Trinajstić information content (AvgIpc) is 1.83. The van der Waals surface area contributed by atoms with E-state index in [1.807, 2.05) is 0 Å². The quantitative estimate of drug-likeness (QED) is 0.717. The van der Waals surface area contributed by atoms with Gasteiger partial charge in [-0.2, -0.15) is 0 Å². The molecule has 0 radical (unpaired) electrons. The van der Waals surface area contributed by atoms with Crippen molar-refractivity contribution >= 4 is 23.3 Å². The van der Waals surface area contributed by atoms with Crippen molar-refractivity contribution in [3.05, 3.63) is 0 Å². The van der Waals surface area contributed by atoms with Gasteiger partial charge in [-0.25, -0.2) is 0 Å². The monoisotopic (exact) mass is 251 g/mol. The summed E-state index contributed by atoms with van der Waals surface area (Å²) in [7, 11) is -1.40. The predicted octanol–water partition coefficient (Wildman–Crippen LogP) is 2.22. The summed E-state index contributed by atoms with van der Waals surface area (Å²) >= 11 is 0.0344. The Balaban J connectivity index is 3.85. The summed E-state index contributed by atoms with van der Waals surface area (Å²) in [4.78, 5) is 2.24. The topological polar surface area (TPSA) is 33.0 Å². The minimum absolute atomic E-state index is 0.0344. The van der Waals surface area contributed by atoms with Crippen LogP contribution in [0.3, 0.4) is 0 Å². The molecular formula is C8H17NOSeSi. The SMILES string of the molecule is CC(C)(CO[Si](C)(C)C)[Se]C#N. The maximum atomic E-state index is 8.56. The van der Waals surface area contributed by atoms with Crippen LogP contribution in [0.25, 0.3) is 0 Å². The molecule has 0 aliphatic carbocycles. The summed E-state index contributed by atoms with van der Waals surface area (Å²) in [5, 5.41) is 8.56. The second-order valence-corrected chi connectivity index (χ2v) is 12.0. The van der Waals surface area contributed by atoms with E-state index in [-0.39, 0.29) is 19.3 Å². The van der Waals surface area contributed by atoms with Crippen molar-refractivity contribution < 1.29 is 4.43 Å². The fraction of sp³-hybridized carbons (Fsp3) is 0.875. The Kier molecular flexibility index (Phi) is 4.50. The van der Waals surface area contributed by atoms with E-state index in [1.165, 1.54) is 0 Å². The van der Waals surface area contributed by atoms with Gasteiger partial charge in [-0.05, 0) is 0 Å². The molecule has 0 unspecified atom stereocenters. The van der Waals surface area contributed by atoms with E-state index in [4.69, 9.17) is 9.69 Å². The first-order chi connectivity index (χ1) is 5.27. The van der Waals surface area contributed by atoms with Crippen molar-refractivity contribution in [1.29, 1.82) is 5.26 Å². The summed E-state index contributed by atoms with van der Waals surface area (Å²) in [6, 6.07) is 0. The minimum atomic E-state index is -1.40. The van der Waals surface area contributed by atoms with Crippen molar-refractivity contribution in [2.24, 2.45) is 0 Å². The van der Waals surface area contributed by atoms with Crippen LogP contribution in [-0.4, -0.2) is 29.9 Å². The molecule has 2 nitrogen and oxygen atoms in total. The van der Waals surface area contributed by atoms with Gasteiger partial charge in [0.2, 0.25) is 0 Å². The zero-order chi connectivity index (χ0) is 9.83. The summed E-state index contributed by atoms with van der Waals surface area (Å²) in [6.45, 7) is 11.4. The Bertz CT molecular complexity index is 180. The van der Waals surface area contributed by atoms with Gasteiger partial charge in [0, 0.05) is 0 Å². The van der Waals surface area contributed by atoms with Gasteiger partial charge < -0.3 is 0 Å². The number of nitrogens with zero attached hydrogens (tertiary/aromatic N) is 1. The fourth-order valence-electron chi connectivity index (χ4n) is 0.543. The van der Waals surface area contributed by atoms with Crippen LogP contribution < -0.4 is 0 Å². The number of rotatable bonds is 4. The molecule has 0 N–H and O–H groups in total. The van der Waals surface area contributed by atoms with Crippen LogP contribution in [0, 0.1) is 10.2 Å². The molecule has 0 amide bonds. The summed E-state index contributed by atoms with van der Waals surface area (Å²) in [5.41, 5.74) is 0. The molecule has 4 heteroatoms. The molecule has 0 aromatic carbocycles. The normalized spacial score (nSPS) is 12.7. The molecule has 0 rings (SSSR count). The summed E-state index contributed by atoms with van der Waals surface area (Å²) < 4.78 is 5.82. The third kappa shape index (κ3) is 6.87. The van der Waals surface area contributed by atoms with Gasteiger partial charge in [-0.3, -0.25) is 0 Å². The summed E-state index contributed by atoms with van der Waals surface area (Å²) in [6.07, 6.45) is 0. The van der Waals surface area contributed by atoms with Crippen molar-refractivity contribution in [2.45, 2.75) is 37.8 Å². The van der Waals surface area contributed by atoms with Crippen LogP contribution in [0.5, 0.6) is 0 Å². The molecular weight excluding hydrogens is 233 g/mol. The molecule has 0 saturated carbocycles. The van der Waals surface area contributed by atoms with Crippen LogP contribution in [0.1, 0.15) is 13.8 Å². The van der Waals surface area contributed by atoms with E-state index in [2.05, 4.69) is 38.5 Å². The molecule has 0 bridgehead atoms. The zero-order valence-corrected chi connectivity index (χ0v) is 11.2. The van der Waals surface area contributed by atoms with Gasteiger partial charge in [0.05, 0.1) is 0 Å². The molecule has 0 aliphatic rings. The van der Waals surface area contributed by atoms with Gasteiger partial charge in [0.25, 0.3) is 0 Å². The first-order valence-corrected chi connectivity index (χ1v) is 9.10. The van der Waals surface area contributed by atoms with E-state index >= 15 is 0 Å². The fourth-order valence-corrected chi connectivity index (χ4v) is 2.34. The third-order valence-corrected chi connectivity index (χ3v) is 3.78. The third-order valence-electron chi connectivity index (χ3n) is 1.17. The summed E-state index contributed by atoms with van der Waals surface area (Å²) in [5.74, 6) is 0. The van der Waals surface area contributed by atoms with Crippen LogP contribution >= 0.6 is 0 Å². The van der Waals surface area contributed by atoms with Crippen LogP contribution in [-0.2, 0) is 4.43 Å². The van der Waals surface area contributed by atoms with E-state index < -0.39 is 8.32 Å². The molecule has 12 heavy (non-hydrogen) atoms. The van der Waals surface area contributed by atoms with E-state index in [9.17, 15) is 0 Å². The first-order valence-electron chi connectivity index (χ1n) is 3.98. The number of hydrogen-bond acceptors (Lipinski definition) is 2. The Labute approximate surface area is 82.6 Å². The van der Waals surface area contributed by atoms with Gasteiger partial charge in [0.15, 0.2) is 0 Å². The molecule has 0 aromatic rings. The first kappa shape index (κ1) is 12.2. The number of hydrogen-bond donors (Lipinski definition) is 0. The second kappa shape index (κ2) is 4.43. The van der Waals surface area contributed by atoms with Crippen molar-refractivity contribution in [3.63, 3.8) is 0 Å². The van der Waals surface area contributed by atoms with Crippen molar-refractivity contribution in [3.8, 4) is 4.97 Å². The van der Waals surface area contributed by atoms with E-state index in [0.717, 1.165) is 6.61 Å². The maximum absolute atomic E-state index is 8.56. The average molecular weight is 250 g/mol. The molecule has 0 atom stereocenters. The van der Waals surface area contributed by atoms with Crippen LogP contribution in [0.2, 0.25) is 24.0 Å². The van der Waals surface area contributed by atoms with Gasteiger partial charge in [0.1, 0.15) is 0 Å². The number of nitriles is 1. The molecule has 0 aromatic heterocycles. The Morgan fingerprint density at radius 2 is 1.92 bits per heavy atom. The Morgan fingerprint density at radius 3 is 2.25 bits per heavy atom. The Hall–Kier alpha value is 0.186. The van der Waals surface area contributed by atoms with E-state index in [1.54, 1.807) is 0 Å². The molecule has 0 heterocycles. The molecule has 0 fully saturated rings. The zero-order valence-electron chi connectivity index (χ0n) is 8.47. The van der Waals surface area contributed by atoms with Crippen molar-refractivity contribution in [1.82, 2.24) is 0 Å². The van der Waals surface area contributed by atoms with Gasteiger partial charge in [-0.15, -0.1) is 0 Å². The predicted molar refractivity (Wildman–Crippen MR) is 54.7 cm³/mol. The molecule has 70 valence electrons. The van der Waals surface area contributed by atoms with Gasteiger partial charge in [-0.1, -0.05) is 0 Å². The van der Waals surface area contributed by atoms with Crippen LogP contribution in [0.15, 0.2) is 0 Å². The standard InChI is InChI=1S/C8H17NOSeSi/c1-8(2,11-7-9)6-10-12(3,4)5/h6H2,1-5H3. The van der Waals surface area contributed by atoms with Crippen molar-refractivity contribution in [2.75, 3.05) is 6.61 Å². The molecule has 0 saturated heterocycles. The Morgan fingerprint density at radius 1 is 1.42 bits per heavy atom. The van der Waals surface area contributed by atoms with E-state index in [0.29, 0.717) is 0 Å². The molecule has 0 spiro atoms. The second-order valence-electron chi connectivity index (χ2n) is 4.35. The van der Waals surface area contributed by atoms with Crippen LogP contribution in [0.4, 0.5) is 0 Å². The van der Waals surface area contributed by atoms with Gasteiger partial charge >= 0.3 is 82.3 Å². The molecule has 0 aliphatic heterocycles.